The Hall–Kier alpha value is -4.33. The van der Waals surface area contributed by atoms with Crippen LogP contribution in [-0.4, -0.2) is 58.0 Å². The summed E-state index contributed by atoms with van der Waals surface area (Å²) in [6.45, 7) is 3.79. The van der Waals surface area contributed by atoms with Gasteiger partial charge in [-0.2, -0.15) is 0 Å². The van der Waals surface area contributed by atoms with E-state index in [-0.39, 0.29) is 23.6 Å². The molecule has 0 saturated carbocycles. The molecule has 7 nitrogen and oxygen atoms in total. The molecule has 1 atom stereocenters. The number of carbonyl (C=O) groups excluding carboxylic acids is 1. The van der Waals surface area contributed by atoms with Crippen molar-refractivity contribution >= 4 is 11.6 Å². The highest BCUT2D eigenvalue weighted by Crippen LogP contribution is 2.42. The van der Waals surface area contributed by atoms with E-state index >= 15 is 0 Å². The smallest absolute Gasteiger partial charge is 0.273 e. The van der Waals surface area contributed by atoms with Gasteiger partial charge in [0, 0.05) is 49.8 Å². The number of amides is 1. The predicted octanol–water partition coefficient (Wildman–Crippen LogP) is 5.27. The van der Waals surface area contributed by atoms with Crippen molar-refractivity contribution in [3.63, 3.8) is 0 Å². The monoisotopic (exact) mass is 535 g/mol. The maximum atomic E-state index is 13.5. The third-order valence-electron chi connectivity index (χ3n) is 7.66. The van der Waals surface area contributed by atoms with E-state index in [9.17, 15) is 20.0 Å². The highest BCUT2D eigenvalue weighted by atomic mass is 16.6. The lowest BCUT2D eigenvalue weighted by molar-refractivity contribution is -0.385. The fourth-order valence-electron chi connectivity index (χ4n) is 5.87. The molecule has 0 spiro atoms. The first-order valence-electron chi connectivity index (χ1n) is 13.6. The number of hydrogen-bond acceptors (Lipinski definition) is 5. The minimum absolute atomic E-state index is 0.137. The standard InChI is InChI=1S/C33H33N3O4/c1-25(37)23-26-17-18-27(24-31(26)36(39)40)32(38)34-19-21-35(22-20-34)33(28-11-5-2-6-12-28,29-13-7-3-8-14-29)30-15-9-4-10-16-30/h2-18,24-25,37H,19-23H2,1H3. The van der Waals surface area contributed by atoms with Gasteiger partial charge >= 0.3 is 0 Å². The first-order chi connectivity index (χ1) is 19.4. The van der Waals surface area contributed by atoms with Gasteiger partial charge in [-0.3, -0.25) is 19.8 Å². The molecule has 0 bridgehead atoms. The Bertz CT molecular complexity index is 1350. The fourth-order valence-corrected chi connectivity index (χ4v) is 5.87. The number of carbonyl (C=O) groups is 1. The molecule has 0 radical (unpaired) electrons. The van der Waals surface area contributed by atoms with Crippen LogP contribution in [0, 0.1) is 10.1 Å². The lowest BCUT2D eigenvalue weighted by Crippen LogP contribution is -2.57. The molecule has 1 fully saturated rings. The van der Waals surface area contributed by atoms with Crippen LogP contribution in [0.2, 0.25) is 0 Å². The maximum Gasteiger partial charge on any atom is 0.273 e. The van der Waals surface area contributed by atoms with Crippen LogP contribution in [0.25, 0.3) is 0 Å². The Morgan fingerprint density at radius 1 is 0.825 bits per heavy atom. The number of aliphatic hydroxyl groups excluding tert-OH is 1. The molecule has 1 amide bonds. The van der Waals surface area contributed by atoms with Crippen molar-refractivity contribution in [2.75, 3.05) is 26.2 Å². The molecular weight excluding hydrogens is 502 g/mol. The molecule has 1 aliphatic heterocycles. The lowest BCUT2D eigenvalue weighted by atomic mass is 9.75. The van der Waals surface area contributed by atoms with E-state index < -0.39 is 16.6 Å². The van der Waals surface area contributed by atoms with E-state index in [2.05, 4.69) is 77.7 Å². The van der Waals surface area contributed by atoms with Gasteiger partial charge in [-0.05, 0) is 29.7 Å². The summed E-state index contributed by atoms with van der Waals surface area (Å²) in [5.74, 6) is -0.226. The molecule has 5 rings (SSSR count). The second-order valence-corrected chi connectivity index (χ2v) is 10.2. The summed E-state index contributed by atoms with van der Waals surface area (Å²) in [7, 11) is 0. The summed E-state index contributed by atoms with van der Waals surface area (Å²) in [6.07, 6.45) is -0.559. The predicted molar refractivity (Wildman–Crippen MR) is 155 cm³/mol. The Morgan fingerprint density at radius 2 is 1.30 bits per heavy atom. The van der Waals surface area contributed by atoms with Gasteiger partial charge in [0.05, 0.1) is 16.6 Å². The van der Waals surface area contributed by atoms with Crippen molar-refractivity contribution in [3.8, 4) is 0 Å². The molecule has 7 heteroatoms. The van der Waals surface area contributed by atoms with Gasteiger partial charge in [-0.25, -0.2) is 0 Å². The molecule has 204 valence electrons. The van der Waals surface area contributed by atoms with Gasteiger partial charge in [0.1, 0.15) is 0 Å². The van der Waals surface area contributed by atoms with E-state index in [0.717, 1.165) is 16.7 Å². The molecule has 1 heterocycles. The normalized spacial score (nSPS) is 15.0. The van der Waals surface area contributed by atoms with E-state index in [1.807, 2.05) is 18.2 Å². The van der Waals surface area contributed by atoms with Crippen molar-refractivity contribution in [2.45, 2.75) is 25.0 Å². The second-order valence-electron chi connectivity index (χ2n) is 10.2. The topological polar surface area (TPSA) is 86.9 Å². The summed E-state index contributed by atoms with van der Waals surface area (Å²) in [4.78, 5) is 28.9. The number of piperazine rings is 1. The highest BCUT2D eigenvalue weighted by molar-refractivity contribution is 5.95. The number of aliphatic hydroxyl groups is 1. The summed E-state index contributed by atoms with van der Waals surface area (Å²) in [5.41, 5.74) is 3.46. The highest BCUT2D eigenvalue weighted by Gasteiger charge is 2.43. The number of benzene rings is 4. The Morgan fingerprint density at radius 3 is 1.73 bits per heavy atom. The molecule has 1 unspecified atom stereocenters. The first-order valence-corrected chi connectivity index (χ1v) is 13.6. The van der Waals surface area contributed by atoms with E-state index in [1.54, 1.807) is 24.0 Å². The van der Waals surface area contributed by atoms with Crippen LogP contribution in [0.4, 0.5) is 5.69 Å². The summed E-state index contributed by atoms with van der Waals surface area (Å²) < 4.78 is 0. The maximum absolute atomic E-state index is 13.5. The van der Waals surface area contributed by atoms with Gasteiger partial charge in [-0.15, -0.1) is 0 Å². The van der Waals surface area contributed by atoms with Crippen LogP contribution in [0.3, 0.4) is 0 Å². The van der Waals surface area contributed by atoms with Gasteiger partial charge in [0.25, 0.3) is 11.6 Å². The molecule has 0 aromatic heterocycles. The molecule has 4 aromatic rings. The summed E-state index contributed by atoms with van der Waals surface area (Å²) >= 11 is 0. The summed E-state index contributed by atoms with van der Waals surface area (Å²) in [5, 5.41) is 21.4. The van der Waals surface area contributed by atoms with Crippen molar-refractivity contribution in [1.82, 2.24) is 9.80 Å². The molecule has 1 aliphatic rings. The van der Waals surface area contributed by atoms with E-state index in [1.165, 1.54) is 6.07 Å². The molecule has 1 saturated heterocycles. The van der Waals surface area contributed by atoms with Crippen LogP contribution in [0.1, 0.15) is 39.5 Å². The number of nitro groups is 1. The van der Waals surface area contributed by atoms with Gasteiger partial charge in [0.2, 0.25) is 0 Å². The zero-order valence-electron chi connectivity index (χ0n) is 22.5. The SMILES string of the molecule is CC(O)Cc1ccc(C(=O)N2CCN(C(c3ccccc3)(c3ccccc3)c3ccccc3)CC2)cc1[N+](=O)[O-]. The van der Waals surface area contributed by atoms with Gasteiger partial charge < -0.3 is 10.0 Å². The molecule has 4 aromatic carbocycles. The zero-order chi connectivity index (χ0) is 28.1. The number of nitro benzene ring substituents is 1. The minimum atomic E-state index is -0.715. The van der Waals surface area contributed by atoms with Crippen molar-refractivity contribution in [3.05, 3.63) is 147 Å². The average molecular weight is 536 g/mol. The second kappa shape index (κ2) is 11.8. The third kappa shape index (κ3) is 5.26. The largest absolute Gasteiger partial charge is 0.393 e. The molecule has 40 heavy (non-hydrogen) atoms. The van der Waals surface area contributed by atoms with Gasteiger partial charge in [-0.1, -0.05) is 97.1 Å². The first kappa shape index (κ1) is 27.2. The molecule has 1 N–H and O–H groups in total. The molecule has 0 aliphatic carbocycles. The van der Waals surface area contributed by atoms with E-state index in [0.29, 0.717) is 31.7 Å². The van der Waals surface area contributed by atoms with Crippen LogP contribution in [0.5, 0.6) is 0 Å². The third-order valence-corrected chi connectivity index (χ3v) is 7.66. The average Bonchev–Trinajstić information content (AvgIpc) is 2.99. The minimum Gasteiger partial charge on any atom is -0.393 e. The van der Waals surface area contributed by atoms with Crippen molar-refractivity contribution < 1.29 is 14.8 Å². The lowest BCUT2D eigenvalue weighted by Gasteiger charge is -2.49. The van der Waals surface area contributed by atoms with Crippen LogP contribution >= 0.6 is 0 Å². The number of hydrogen-bond donors (Lipinski definition) is 1. The van der Waals surface area contributed by atoms with Crippen molar-refractivity contribution in [1.29, 1.82) is 0 Å². The Labute approximate surface area is 234 Å². The van der Waals surface area contributed by atoms with Crippen molar-refractivity contribution in [2.24, 2.45) is 0 Å². The Kier molecular flexibility index (Phi) is 8.05. The molecular formula is C33H33N3O4. The van der Waals surface area contributed by atoms with Crippen LogP contribution in [-0.2, 0) is 12.0 Å². The summed E-state index contributed by atoms with van der Waals surface area (Å²) in [6, 6.07) is 35.9. The van der Waals surface area contributed by atoms with Gasteiger partial charge in [0.15, 0.2) is 0 Å². The van der Waals surface area contributed by atoms with Crippen LogP contribution in [0.15, 0.2) is 109 Å². The fraction of sp³-hybridized carbons (Fsp3) is 0.242. The number of rotatable bonds is 8. The quantitative estimate of drug-likeness (QED) is 0.189. The Balaban J connectivity index is 1.47. The van der Waals surface area contributed by atoms with E-state index in [4.69, 9.17) is 0 Å². The number of nitrogens with zero attached hydrogens (tertiary/aromatic N) is 3. The van der Waals surface area contributed by atoms with Crippen LogP contribution < -0.4 is 0 Å². The zero-order valence-corrected chi connectivity index (χ0v) is 22.5.